The number of nitrogens with one attached hydrogen (secondary N) is 1. The van der Waals surface area contributed by atoms with Crippen LogP contribution < -0.4 is 5.32 Å². The van der Waals surface area contributed by atoms with E-state index in [1.54, 1.807) is 27.7 Å². The Kier molecular flexibility index (Phi) is 5.55. The average Bonchev–Trinajstić information content (AvgIpc) is 2.29. The monoisotopic (exact) mass is 285 g/mol. The minimum absolute atomic E-state index is 0.276. The third-order valence-corrected chi connectivity index (χ3v) is 2.87. The topological polar surface area (TPSA) is 64.6 Å². The number of hydrogen-bond donors (Lipinski definition) is 1. The second kappa shape index (κ2) is 6.71. The van der Waals surface area contributed by atoms with Crippen LogP contribution in [0.4, 0.5) is 4.79 Å². The normalized spacial score (nSPS) is 23.9. The van der Waals surface area contributed by atoms with Crippen LogP contribution in [0.5, 0.6) is 0 Å². The highest BCUT2D eigenvalue weighted by Gasteiger charge is 2.27. The van der Waals surface area contributed by atoms with Crippen LogP contribution in [0.15, 0.2) is 0 Å². The molecule has 1 rings (SSSR count). The van der Waals surface area contributed by atoms with Gasteiger partial charge in [-0.25, -0.2) is 9.59 Å². The Hall–Kier alpha value is -1.35. The molecule has 19 heavy (non-hydrogen) atoms. The van der Waals surface area contributed by atoms with Gasteiger partial charge >= 0.3 is 12.1 Å². The summed E-state index contributed by atoms with van der Waals surface area (Å²) in [5.41, 5.74) is -0.604. The van der Waals surface area contributed by atoms with Crippen molar-refractivity contribution in [3.8, 4) is 11.2 Å². The second-order valence-corrected chi connectivity index (χ2v) is 6.07. The van der Waals surface area contributed by atoms with Crippen molar-refractivity contribution in [1.82, 2.24) is 5.32 Å². The molecular weight excluding hydrogens is 266 g/mol. The molecular formula is C13H19NO4S. The Balaban J connectivity index is 2.61. The maximum absolute atomic E-state index is 11.9. The van der Waals surface area contributed by atoms with Gasteiger partial charge in [0.15, 0.2) is 0 Å². The molecule has 1 N–H and O–H groups in total. The highest BCUT2D eigenvalue weighted by molar-refractivity contribution is 8.03. The molecule has 1 aliphatic heterocycles. The van der Waals surface area contributed by atoms with Crippen LogP contribution in [0.25, 0.3) is 0 Å². The summed E-state index contributed by atoms with van der Waals surface area (Å²) in [6, 6.07) is -0.741. The van der Waals surface area contributed by atoms with Crippen molar-refractivity contribution in [3.63, 3.8) is 0 Å². The standard InChI is InChI=1S/C13H19NO4S/c1-9-6-5-7-19-8-10(11(15)17-9)14-12(16)18-13(2,3)4/h9-10H,6,8H2,1-4H3,(H,14,16)/t9-,10+/m1/s1. The number of carbonyl (C=O) groups is 2. The molecule has 0 aromatic heterocycles. The Morgan fingerprint density at radius 3 is 2.84 bits per heavy atom. The predicted octanol–water partition coefficient (Wildman–Crippen LogP) is 1.91. The zero-order chi connectivity index (χ0) is 14.5. The van der Waals surface area contributed by atoms with E-state index in [9.17, 15) is 9.59 Å². The molecule has 1 aliphatic rings. The summed E-state index contributed by atoms with van der Waals surface area (Å²) in [7, 11) is 0. The van der Waals surface area contributed by atoms with Gasteiger partial charge < -0.3 is 14.8 Å². The Morgan fingerprint density at radius 2 is 2.21 bits per heavy atom. The first-order chi connectivity index (χ1) is 8.78. The summed E-state index contributed by atoms with van der Waals surface area (Å²) >= 11 is 1.28. The van der Waals surface area contributed by atoms with E-state index in [4.69, 9.17) is 9.47 Å². The fourth-order valence-corrected chi connectivity index (χ4v) is 1.96. The van der Waals surface area contributed by atoms with Gasteiger partial charge in [-0.05, 0) is 32.9 Å². The fraction of sp³-hybridized carbons (Fsp3) is 0.692. The van der Waals surface area contributed by atoms with Crippen molar-refractivity contribution < 1.29 is 19.1 Å². The number of amides is 1. The summed E-state index contributed by atoms with van der Waals surface area (Å²) < 4.78 is 10.3. The molecule has 0 saturated heterocycles. The highest BCUT2D eigenvalue weighted by atomic mass is 32.2. The van der Waals surface area contributed by atoms with Gasteiger partial charge in [-0.1, -0.05) is 17.7 Å². The molecule has 6 heteroatoms. The van der Waals surface area contributed by atoms with Crippen molar-refractivity contribution in [2.75, 3.05) is 5.75 Å². The van der Waals surface area contributed by atoms with Gasteiger partial charge in [0.1, 0.15) is 17.7 Å². The summed E-state index contributed by atoms with van der Waals surface area (Å²) in [6.45, 7) is 7.05. The lowest BCUT2D eigenvalue weighted by Crippen LogP contribution is -2.46. The van der Waals surface area contributed by atoms with Crippen molar-refractivity contribution in [1.29, 1.82) is 0 Å². The molecule has 0 saturated carbocycles. The zero-order valence-corrected chi connectivity index (χ0v) is 12.4. The van der Waals surface area contributed by atoms with Crippen LogP contribution in [-0.4, -0.2) is 35.6 Å². The van der Waals surface area contributed by atoms with E-state index in [0.29, 0.717) is 12.2 Å². The number of carbonyl (C=O) groups excluding carboxylic acids is 2. The minimum atomic E-state index is -0.741. The first kappa shape index (κ1) is 15.7. The Labute approximate surface area is 117 Å². The van der Waals surface area contributed by atoms with E-state index >= 15 is 0 Å². The van der Waals surface area contributed by atoms with E-state index < -0.39 is 23.7 Å². The zero-order valence-electron chi connectivity index (χ0n) is 11.6. The molecule has 0 bridgehead atoms. The van der Waals surface area contributed by atoms with Crippen LogP contribution in [0.2, 0.25) is 0 Å². The van der Waals surface area contributed by atoms with Crippen molar-refractivity contribution >= 4 is 23.8 Å². The molecule has 0 radical (unpaired) electrons. The number of hydrogen-bond acceptors (Lipinski definition) is 5. The lowest BCUT2D eigenvalue weighted by molar-refractivity contribution is -0.149. The first-order valence-electron chi connectivity index (χ1n) is 6.07. The molecule has 1 amide bonds. The summed E-state index contributed by atoms with van der Waals surface area (Å²) in [5.74, 6) is 2.78. The number of esters is 1. The largest absolute Gasteiger partial charge is 0.460 e. The van der Waals surface area contributed by atoms with E-state index in [0.717, 1.165) is 0 Å². The molecule has 1 heterocycles. The van der Waals surface area contributed by atoms with Gasteiger partial charge in [0.05, 0.1) is 0 Å². The average molecular weight is 285 g/mol. The number of thioether (sulfide) groups is 1. The maximum atomic E-state index is 11.9. The Bertz CT molecular complexity index is 405. The number of rotatable bonds is 1. The third kappa shape index (κ3) is 6.39. The van der Waals surface area contributed by atoms with Gasteiger partial charge in [-0.15, -0.1) is 0 Å². The lowest BCUT2D eigenvalue weighted by atomic mass is 10.2. The molecule has 0 aromatic rings. The molecule has 0 fully saturated rings. The van der Waals surface area contributed by atoms with Gasteiger partial charge in [-0.3, -0.25) is 0 Å². The van der Waals surface area contributed by atoms with Gasteiger partial charge in [0.25, 0.3) is 0 Å². The van der Waals surface area contributed by atoms with E-state index in [1.807, 2.05) is 0 Å². The summed E-state index contributed by atoms with van der Waals surface area (Å²) in [5, 5.41) is 5.39. The molecule has 5 nitrogen and oxygen atoms in total. The van der Waals surface area contributed by atoms with Crippen molar-refractivity contribution in [3.05, 3.63) is 0 Å². The molecule has 0 unspecified atom stereocenters. The SMILES string of the molecule is C[C@@H]1CC#CSC[C@H](NC(=O)OC(C)(C)C)C(=O)O1. The van der Waals surface area contributed by atoms with Crippen molar-refractivity contribution in [2.45, 2.75) is 51.9 Å². The quantitative estimate of drug-likeness (QED) is 0.589. The molecule has 2 atom stereocenters. The summed E-state index contributed by atoms with van der Waals surface area (Å²) in [6.07, 6.45) is -0.408. The second-order valence-electron chi connectivity index (χ2n) is 5.24. The smallest absolute Gasteiger partial charge is 0.408 e. The van der Waals surface area contributed by atoms with Gasteiger partial charge in [0, 0.05) is 12.2 Å². The van der Waals surface area contributed by atoms with Crippen LogP contribution in [-0.2, 0) is 14.3 Å². The van der Waals surface area contributed by atoms with E-state index in [-0.39, 0.29) is 6.10 Å². The predicted molar refractivity (Wildman–Crippen MR) is 73.6 cm³/mol. The van der Waals surface area contributed by atoms with Gasteiger partial charge in [-0.2, -0.15) is 0 Å². The van der Waals surface area contributed by atoms with Gasteiger partial charge in [0.2, 0.25) is 0 Å². The van der Waals surface area contributed by atoms with Crippen LogP contribution in [0.1, 0.15) is 34.1 Å². The van der Waals surface area contributed by atoms with Crippen LogP contribution in [0.3, 0.4) is 0 Å². The summed E-state index contributed by atoms with van der Waals surface area (Å²) in [4.78, 5) is 23.5. The highest BCUT2D eigenvalue weighted by Crippen LogP contribution is 2.11. The molecule has 0 aromatic carbocycles. The maximum Gasteiger partial charge on any atom is 0.408 e. The minimum Gasteiger partial charge on any atom is -0.460 e. The first-order valence-corrected chi connectivity index (χ1v) is 7.06. The van der Waals surface area contributed by atoms with E-state index in [1.165, 1.54) is 11.8 Å². The van der Waals surface area contributed by atoms with Crippen LogP contribution in [0, 0.1) is 11.2 Å². The number of cyclic esters (lactones) is 1. The number of ether oxygens (including phenoxy) is 2. The Morgan fingerprint density at radius 1 is 1.53 bits per heavy atom. The van der Waals surface area contributed by atoms with E-state index in [2.05, 4.69) is 16.5 Å². The fourth-order valence-electron chi connectivity index (χ4n) is 1.30. The molecule has 106 valence electrons. The molecule has 0 spiro atoms. The number of alkyl carbamates (subject to hydrolysis) is 1. The lowest BCUT2D eigenvalue weighted by Gasteiger charge is -2.23. The third-order valence-electron chi connectivity index (χ3n) is 2.08. The van der Waals surface area contributed by atoms with Crippen molar-refractivity contribution in [2.24, 2.45) is 0 Å². The van der Waals surface area contributed by atoms with Crippen LogP contribution >= 0.6 is 11.8 Å². The molecule has 0 aliphatic carbocycles.